The van der Waals surface area contributed by atoms with Gasteiger partial charge in [-0.2, -0.15) is 0 Å². The van der Waals surface area contributed by atoms with Gasteiger partial charge in [0.15, 0.2) is 0 Å². The fraction of sp³-hybridized carbons (Fsp3) is 0.818. The summed E-state index contributed by atoms with van der Waals surface area (Å²) in [6.45, 7) is 3.46. The molecule has 0 aromatic rings. The van der Waals surface area contributed by atoms with Gasteiger partial charge < -0.3 is 20.5 Å². The molecule has 1 fully saturated rings. The third kappa shape index (κ3) is 5.14. The Kier molecular flexibility index (Phi) is 5.93. The molecule has 6 heteroatoms. The molecule has 0 aliphatic carbocycles. The van der Waals surface area contributed by atoms with Gasteiger partial charge in [0.05, 0.1) is 6.10 Å². The number of nitrogens with one attached hydrogen (secondary N) is 2. The number of amides is 1. The highest BCUT2D eigenvalue weighted by Crippen LogP contribution is 2.06. The van der Waals surface area contributed by atoms with Crippen molar-refractivity contribution in [3.8, 4) is 0 Å². The van der Waals surface area contributed by atoms with Gasteiger partial charge in [-0.25, -0.2) is 4.79 Å². The van der Waals surface area contributed by atoms with Crippen LogP contribution in [0.25, 0.3) is 0 Å². The summed E-state index contributed by atoms with van der Waals surface area (Å²) in [5.41, 5.74) is 0. The molecule has 0 aromatic heterocycles. The lowest BCUT2D eigenvalue weighted by Gasteiger charge is -2.23. The number of aliphatic carboxylic acids is 1. The van der Waals surface area contributed by atoms with E-state index in [4.69, 9.17) is 9.84 Å². The van der Waals surface area contributed by atoms with Crippen LogP contribution in [-0.4, -0.2) is 48.8 Å². The normalized spacial score (nSPS) is 18.6. The van der Waals surface area contributed by atoms with Gasteiger partial charge >= 0.3 is 5.97 Å². The molecule has 1 amide bonds. The summed E-state index contributed by atoms with van der Waals surface area (Å²) in [5, 5.41) is 14.4. The number of carboxylic acids is 1. The molecule has 1 heterocycles. The summed E-state index contributed by atoms with van der Waals surface area (Å²) < 4.78 is 5.42. The van der Waals surface area contributed by atoms with Gasteiger partial charge in [0.1, 0.15) is 12.6 Å². The van der Waals surface area contributed by atoms with Crippen molar-refractivity contribution in [2.75, 3.05) is 19.7 Å². The van der Waals surface area contributed by atoms with Crippen molar-refractivity contribution in [3.05, 3.63) is 0 Å². The third-order valence-corrected chi connectivity index (χ3v) is 2.78. The summed E-state index contributed by atoms with van der Waals surface area (Å²) in [7, 11) is 0. The topological polar surface area (TPSA) is 87.7 Å². The van der Waals surface area contributed by atoms with E-state index in [2.05, 4.69) is 10.6 Å². The van der Waals surface area contributed by atoms with Crippen LogP contribution in [0.3, 0.4) is 0 Å². The number of piperidine rings is 1. The molecule has 0 aromatic carbocycles. The van der Waals surface area contributed by atoms with Gasteiger partial charge in [-0.1, -0.05) is 6.92 Å². The van der Waals surface area contributed by atoms with Crippen LogP contribution in [-0.2, 0) is 14.3 Å². The molecule has 0 saturated carbocycles. The summed E-state index contributed by atoms with van der Waals surface area (Å²) in [6, 6.07) is -0.820. The second-order valence-electron chi connectivity index (χ2n) is 4.13. The van der Waals surface area contributed by atoms with Crippen LogP contribution in [0, 0.1) is 0 Å². The second-order valence-corrected chi connectivity index (χ2v) is 4.13. The minimum absolute atomic E-state index is 0.0611. The van der Waals surface area contributed by atoms with Crippen LogP contribution in [0.1, 0.15) is 26.2 Å². The summed E-state index contributed by atoms with van der Waals surface area (Å²) >= 11 is 0. The Morgan fingerprint density at radius 2 is 2.12 bits per heavy atom. The van der Waals surface area contributed by atoms with Crippen molar-refractivity contribution in [3.63, 3.8) is 0 Å². The standard InChI is InChI=1S/C11H20N2O4/c1-2-9(11(15)16)13-10(14)7-17-8-3-5-12-6-4-8/h8-9,12H,2-7H2,1H3,(H,13,14)(H,15,16)/t9-/m1/s1. The first-order valence-corrected chi connectivity index (χ1v) is 5.98. The maximum absolute atomic E-state index is 11.4. The summed E-state index contributed by atoms with van der Waals surface area (Å²) in [5.74, 6) is -1.37. The van der Waals surface area contributed by atoms with E-state index in [0.29, 0.717) is 6.42 Å². The molecule has 0 unspecified atom stereocenters. The molecule has 0 spiro atoms. The van der Waals surface area contributed by atoms with Crippen LogP contribution < -0.4 is 10.6 Å². The zero-order valence-electron chi connectivity index (χ0n) is 10.1. The Balaban J connectivity index is 2.21. The fourth-order valence-electron chi connectivity index (χ4n) is 1.73. The maximum atomic E-state index is 11.4. The molecular weight excluding hydrogens is 224 g/mol. The average molecular weight is 244 g/mol. The number of carbonyl (C=O) groups is 2. The number of hydrogen-bond donors (Lipinski definition) is 3. The largest absolute Gasteiger partial charge is 0.480 e. The van der Waals surface area contributed by atoms with E-state index in [9.17, 15) is 9.59 Å². The van der Waals surface area contributed by atoms with Crippen molar-refractivity contribution in [2.45, 2.75) is 38.3 Å². The zero-order valence-corrected chi connectivity index (χ0v) is 10.1. The van der Waals surface area contributed by atoms with Gasteiger partial charge in [0, 0.05) is 0 Å². The van der Waals surface area contributed by atoms with Crippen molar-refractivity contribution < 1.29 is 19.4 Å². The predicted octanol–water partition coefficient (Wildman–Crippen LogP) is -0.266. The van der Waals surface area contributed by atoms with Gasteiger partial charge in [-0.3, -0.25) is 4.79 Å². The molecule has 1 atom stereocenters. The third-order valence-electron chi connectivity index (χ3n) is 2.78. The molecule has 0 bridgehead atoms. The molecule has 1 aliphatic rings. The van der Waals surface area contributed by atoms with Gasteiger partial charge in [0.25, 0.3) is 0 Å². The molecule has 1 saturated heterocycles. The maximum Gasteiger partial charge on any atom is 0.326 e. The Morgan fingerprint density at radius 1 is 1.47 bits per heavy atom. The Bertz CT molecular complexity index is 264. The molecule has 6 nitrogen and oxygen atoms in total. The monoisotopic (exact) mass is 244 g/mol. The van der Waals surface area contributed by atoms with E-state index in [1.165, 1.54) is 0 Å². The van der Waals surface area contributed by atoms with E-state index in [-0.39, 0.29) is 18.6 Å². The first-order chi connectivity index (χ1) is 8.13. The van der Waals surface area contributed by atoms with Gasteiger partial charge in [-0.05, 0) is 32.4 Å². The summed E-state index contributed by atoms with van der Waals surface area (Å²) in [6.07, 6.45) is 2.26. The lowest BCUT2D eigenvalue weighted by molar-refractivity contribution is -0.143. The first-order valence-electron chi connectivity index (χ1n) is 5.98. The molecule has 1 rings (SSSR count). The molecule has 1 aliphatic heterocycles. The molecule has 3 N–H and O–H groups in total. The van der Waals surface area contributed by atoms with E-state index >= 15 is 0 Å². The van der Waals surface area contributed by atoms with Crippen LogP contribution in [0.15, 0.2) is 0 Å². The van der Waals surface area contributed by atoms with E-state index in [1.54, 1.807) is 6.92 Å². The SMILES string of the molecule is CC[C@@H](NC(=O)COC1CCNCC1)C(=O)O. The second kappa shape index (κ2) is 7.24. The lowest BCUT2D eigenvalue weighted by Crippen LogP contribution is -2.43. The minimum Gasteiger partial charge on any atom is -0.480 e. The quantitative estimate of drug-likeness (QED) is 0.599. The van der Waals surface area contributed by atoms with Crippen molar-refractivity contribution in [1.82, 2.24) is 10.6 Å². The highest BCUT2D eigenvalue weighted by atomic mass is 16.5. The van der Waals surface area contributed by atoms with Crippen LogP contribution in [0.2, 0.25) is 0 Å². The zero-order chi connectivity index (χ0) is 12.7. The van der Waals surface area contributed by atoms with Gasteiger partial charge in [0.2, 0.25) is 5.91 Å². The van der Waals surface area contributed by atoms with Crippen LogP contribution >= 0.6 is 0 Å². The smallest absolute Gasteiger partial charge is 0.326 e. The first kappa shape index (κ1) is 13.9. The summed E-state index contributed by atoms with van der Waals surface area (Å²) in [4.78, 5) is 22.2. The number of carboxylic acid groups (broad SMARTS) is 1. The van der Waals surface area contributed by atoms with Crippen molar-refractivity contribution in [1.29, 1.82) is 0 Å². The number of rotatable bonds is 6. The average Bonchev–Trinajstić information content (AvgIpc) is 2.34. The molecule has 0 radical (unpaired) electrons. The molecule has 98 valence electrons. The van der Waals surface area contributed by atoms with E-state index < -0.39 is 12.0 Å². The fourth-order valence-corrected chi connectivity index (χ4v) is 1.73. The molecule has 17 heavy (non-hydrogen) atoms. The van der Waals surface area contributed by atoms with E-state index in [1.807, 2.05) is 0 Å². The van der Waals surface area contributed by atoms with Gasteiger partial charge in [-0.15, -0.1) is 0 Å². The van der Waals surface area contributed by atoms with Crippen LogP contribution in [0.5, 0.6) is 0 Å². The Labute approximate surface area is 101 Å². The predicted molar refractivity (Wildman–Crippen MR) is 61.7 cm³/mol. The van der Waals surface area contributed by atoms with Crippen LogP contribution in [0.4, 0.5) is 0 Å². The number of carbonyl (C=O) groups excluding carboxylic acids is 1. The Hall–Kier alpha value is -1.14. The Morgan fingerprint density at radius 3 is 2.65 bits per heavy atom. The van der Waals surface area contributed by atoms with Crippen molar-refractivity contribution >= 4 is 11.9 Å². The minimum atomic E-state index is -1.01. The highest BCUT2D eigenvalue weighted by Gasteiger charge is 2.19. The van der Waals surface area contributed by atoms with E-state index in [0.717, 1.165) is 25.9 Å². The highest BCUT2D eigenvalue weighted by molar-refractivity contribution is 5.84. The lowest BCUT2D eigenvalue weighted by atomic mass is 10.1. The molecular formula is C11H20N2O4. The number of ether oxygens (including phenoxy) is 1. The number of hydrogen-bond acceptors (Lipinski definition) is 4. The van der Waals surface area contributed by atoms with Crippen molar-refractivity contribution in [2.24, 2.45) is 0 Å².